The fourth-order valence-electron chi connectivity index (χ4n) is 2.87. The smallest absolute Gasteiger partial charge is 0.338 e. The molecule has 0 fully saturated rings. The predicted octanol–water partition coefficient (Wildman–Crippen LogP) is 2.82. The third-order valence-corrected chi connectivity index (χ3v) is 4.42. The lowest BCUT2D eigenvalue weighted by Crippen LogP contribution is -2.29. The molecule has 0 aliphatic heterocycles. The number of nitrogens with one attached hydrogen (secondary N) is 1. The summed E-state index contributed by atoms with van der Waals surface area (Å²) in [6.07, 6.45) is 0. The number of hydrogen-bond acceptors (Lipinski definition) is 7. The van der Waals surface area contributed by atoms with Crippen molar-refractivity contribution < 1.29 is 24.0 Å². The topological polar surface area (TPSA) is 98.6 Å². The number of oxime groups is 2. The van der Waals surface area contributed by atoms with Crippen molar-refractivity contribution in [2.45, 2.75) is 20.5 Å². The van der Waals surface area contributed by atoms with Gasteiger partial charge in [0.15, 0.2) is 5.71 Å². The molecule has 158 valence electrons. The van der Waals surface area contributed by atoms with Gasteiger partial charge in [-0.15, -0.1) is 0 Å². The molecular weight excluding hydrogens is 386 g/mol. The zero-order chi connectivity index (χ0) is 22.1. The van der Waals surface area contributed by atoms with Gasteiger partial charge in [0.05, 0.1) is 18.4 Å². The van der Waals surface area contributed by atoms with Crippen molar-refractivity contribution in [3.8, 4) is 0 Å². The van der Waals surface area contributed by atoms with Gasteiger partial charge in [-0.1, -0.05) is 46.7 Å². The number of carbonyl (C=O) groups excluding carboxylic acids is 2. The molecule has 1 amide bonds. The van der Waals surface area contributed by atoms with E-state index in [-0.39, 0.29) is 18.2 Å². The Morgan fingerprint density at radius 3 is 2.27 bits per heavy atom. The lowest BCUT2D eigenvalue weighted by atomic mass is 9.98. The van der Waals surface area contributed by atoms with Crippen molar-refractivity contribution in [3.63, 3.8) is 0 Å². The standard InChI is InChI=1S/C22H25N3O5/c1-14-9-8-12-17(20(25-29-5)21(26)23-3)19(14)13-30-24-15(2)16-10-6-7-11-18(16)22(27)28-4/h6-12H,13H2,1-5H3,(H,23,26)/b24-15+,25-20+. The average molecular weight is 411 g/mol. The maximum absolute atomic E-state index is 12.2. The normalized spacial score (nSPS) is 11.6. The Bertz CT molecular complexity index is 982. The quantitative estimate of drug-likeness (QED) is 0.409. The highest BCUT2D eigenvalue weighted by atomic mass is 16.6. The van der Waals surface area contributed by atoms with E-state index in [0.717, 1.165) is 11.1 Å². The first-order chi connectivity index (χ1) is 14.4. The molecule has 0 radical (unpaired) electrons. The maximum Gasteiger partial charge on any atom is 0.338 e. The highest BCUT2D eigenvalue weighted by Gasteiger charge is 2.19. The first-order valence-corrected chi connectivity index (χ1v) is 9.20. The summed E-state index contributed by atoms with van der Waals surface area (Å²) in [6, 6.07) is 12.5. The Morgan fingerprint density at radius 2 is 1.63 bits per heavy atom. The second kappa shape index (κ2) is 10.8. The molecule has 2 aromatic rings. The van der Waals surface area contributed by atoms with E-state index >= 15 is 0 Å². The first-order valence-electron chi connectivity index (χ1n) is 9.20. The maximum atomic E-state index is 12.2. The Hall–Kier alpha value is -3.68. The number of rotatable bonds is 8. The van der Waals surface area contributed by atoms with Crippen LogP contribution in [-0.4, -0.2) is 44.6 Å². The Labute approximate surface area is 175 Å². The van der Waals surface area contributed by atoms with Crippen LogP contribution in [0.4, 0.5) is 0 Å². The van der Waals surface area contributed by atoms with Crippen LogP contribution in [-0.2, 0) is 25.8 Å². The van der Waals surface area contributed by atoms with Gasteiger partial charge >= 0.3 is 5.97 Å². The van der Waals surface area contributed by atoms with E-state index in [4.69, 9.17) is 14.4 Å². The summed E-state index contributed by atoms with van der Waals surface area (Å²) < 4.78 is 4.82. The van der Waals surface area contributed by atoms with Gasteiger partial charge in [-0.25, -0.2) is 4.79 Å². The molecule has 0 bridgehead atoms. The van der Waals surface area contributed by atoms with Gasteiger partial charge in [0.25, 0.3) is 5.91 Å². The number of esters is 1. The molecule has 0 saturated heterocycles. The summed E-state index contributed by atoms with van der Waals surface area (Å²) in [4.78, 5) is 34.6. The number of amides is 1. The summed E-state index contributed by atoms with van der Waals surface area (Å²) in [5.74, 6) is -0.831. The lowest BCUT2D eigenvalue weighted by Gasteiger charge is -2.13. The number of nitrogens with zero attached hydrogens (tertiary/aromatic N) is 2. The van der Waals surface area contributed by atoms with Gasteiger partial charge in [0, 0.05) is 23.7 Å². The number of methoxy groups -OCH3 is 1. The third kappa shape index (κ3) is 5.22. The predicted molar refractivity (Wildman–Crippen MR) is 114 cm³/mol. The van der Waals surface area contributed by atoms with E-state index in [9.17, 15) is 9.59 Å². The zero-order valence-corrected chi connectivity index (χ0v) is 17.7. The minimum Gasteiger partial charge on any atom is -0.465 e. The molecule has 8 nitrogen and oxygen atoms in total. The Kier molecular flexibility index (Phi) is 8.10. The van der Waals surface area contributed by atoms with Crippen LogP contribution in [0, 0.1) is 6.92 Å². The van der Waals surface area contributed by atoms with Gasteiger partial charge in [-0.2, -0.15) is 0 Å². The molecule has 0 atom stereocenters. The van der Waals surface area contributed by atoms with Crippen molar-refractivity contribution in [2.24, 2.45) is 10.3 Å². The molecule has 0 saturated carbocycles. The number of hydrogen-bond donors (Lipinski definition) is 1. The minimum atomic E-state index is -0.452. The van der Waals surface area contributed by atoms with E-state index in [2.05, 4.69) is 15.6 Å². The van der Waals surface area contributed by atoms with E-state index in [1.54, 1.807) is 37.3 Å². The fourth-order valence-corrected chi connectivity index (χ4v) is 2.87. The molecule has 0 heterocycles. The van der Waals surface area contributed by atoms with E-state index in [1.165, 1.54) is 21.3 Å². The number of likely N-dealkylation sites (N-methyl/N-ethyl adjacent to an activating group) is 1. The van der Waals surface area contributed by atoms with Crippen LogP contribution >= 0.6 is 0 Å². The highest BCUT2D eigenvalue weighted by Crippen LogP contribution is 2.18. The van der Waals surface area contributed by atoms with E-state index < -0.39 is 5.97 Å². The molecule has 8 heteroatoms. The summed E-state index contributed by atoms with van der Waals surface area (Å²) in [6.45, 7) is 3.74. The molecule has 30 heavy (non-hydrogen) atoms. The average Bonchev–Trinajstić information content (AvgIpc) is 2.77. The monoisotopic (exact) mass is 411 g/mol. The van der Waals surface area contributed by atoms with Crippen molar-refractivity contribution in [1.82, 2.24) is 5.32 Å². The van der Waals surface area contributed by atoms with E-state index in [1.807, 2.05) is 19.1 Å². The molecule has 2 rings (SSSR count). The van der Waals surface area contributed by atoms with Crippen molar-refractivity contribution in [3.05, 3.63) is 70.3 Å². The SMILES string of the molecule is CNC(=O)/C(=N/OC)c1cccc(C)c1CO/N=C(\C)c1ccccc1C(=O)OC. The minimum absolute atomic E-state index is 0.0967. The van der Waals surface area contributed by atoms with Crippen LogP contribution in [0.2, 0.25) is 0 Å². The molecule has 2 aromatic carbocycles. The number of aryl methyl sites for hydroxylation is 1. The largest absolute Gasteiger partial charge is 0.465 e. The second-order valence-corrected chi connectivity index (χ2v) is 6.29. The van der Waals surface area contributed by atoms with Crippen LogP contribution in [0.5, 0.6) is 0 Å². The summed E-state index contributed by atoms with van der Waals surface area (Å²) in [7, 11) is 4.22. The van der Waals surface area contributed by atoms with Gasteiger partial charge in [-0.05, 0) is 25.5 Å². The van der Waals surface area contributed by atoms with Crippen LogP contribution in [0.1, 0.15) is 39.5 Å². The third-order valence-electron chi connectivity index (χ3n) is 4.42. The number of ether oxygens (including phenoxy) is 1. The summed E-state index contributed by atoms with van der Waals surface area (Å²) >= 11 is 0. The van der Waals surface area contributed by atoms with Crippen LogP contribution in [0.3, 0.4) is 0 Å². The molecule has 0 unspecified atom stereocenters. The lowest BCUT2D eigenvalue weighted by molar-refractivity contribution is -0.114. The van der Waals surface area contributed by atoms with Crippen molar-refractivity contribution >= 4 is 23.3 Å². The highest BCUT2D eigenvalue weighted by molar-refractivity contribution is 6.45. The van der Waals surface area contributed by atoms with Gasteiger partial charge in [0.1, 0.15) is 13.7 Å². The Balaban J connectivity index is 2.32. The van der Waals surface area contributed by atoms with E-state index in [0.29, 0.717) is 22.4 Å². The van der Waals surface area contributed by atoms with Gasteiger partial charge < -0.3 is 19.7 Å². The van der Waals surface area contributed by atoms with Crippen molar-refractivity contribution in [2.75, 3.05) is 21.3 Å². The molecule has 1 N–H and O–H groups in total. The van der Waals surface area contributed by atoms with Crippen LogP contribution in [0.15, 0.2) is 52.8 Å². The van der Waals surface area contributed by atoms with Crippen molar-refractivity contribution in [1.29, 1.82) is 0 Å². The second-order valence-electron chi connectivity index (χ2n) is 6.29. The molecule has 0 aliphatic carbocycles. The molecule has 0 aliphatic rings. The van der Waals surface area contributed by atoms with Crippen LogP contribution in [0.25, 0.3) is 0 Å². The Morgan fingerprint density at radius 1 is 0.967 bits per heavy atom. The number of carbonyl (C=O) groups is 2. The fraction of sp³-hybridized carbons (Fsp3) is 0.273. The molecular formula is C22H25N3O5. The number of benzene rings is 2. The zero-order valence-electron chi connectivity index (χ0n) is 17.7. The molecule has 0 spiro atoms. The summed E-state index contributed by atoms with van der Waals surface area (Å²) in [5.41, 5.74) is 3.90. The summed E-state index contributed by atoms with van der Waals surface area (Å²) in [5, 5.41) is 10.6. The van der Waals surface area contributed by atoms with Gasteiger partial charge in [-0.3, -0.25) is 4.79 Å². The molecule has 0 aromatic heterocycles. The first kappa shape index (κ1) is 22.6. The van der Waals surface area contributed by atoms with Gasteiger partial charge in [0.2, 0.25) is 0 Å². The van der Waals surface area contributed by atoms with Crippen LogP contribution < -0.4 is 5.32 Å².